The summed E-state index contributed by atoms with van der Waals surface area (Å²) in [4.78, 5) is 9.44. The summed E-state index contributed by atoms with van der Waals surface area (Å²) in [6.45, 7) is 7.50. The van der Waals surface area contributed by atoms with Gasteiger partial charge in [-0.25, -0.2) is 4.98 Å². The minimum atomic E-state index is 0.558. The molecule has 0 amide bonds. The maximum atomic E-state index is 9.13. The van der Waals surface area contributed by atoms with Gasteiger partial charge >= 0.3 is 0 Å². The molecule has 1 saturated carbocycles. The first-order chi connectivity index (χ1) is 10.8. The highest BCUT2D eigenvalue weighted by atomic mass is 15.3. The van der Waals surface area contributed by atoms with Crippen LogP contribution in [0.4, 0.5) is 5.82 Å². The van der Waals surface area contributed by atoms with Crippen LogP contribution in [-0.4, -0.2) is 42.6 Å². The quantitative estimate of drug-likeness (QED) is 0.860. The first-order valence-corrected chi connectivity index (χ1v) is 8.61. The maximum Gasteiger partial charge on any atom is 0.145 e. The van der Waals surface area contributed by atoms with Gasteiger partial charge in [0.2, 0.25) is 0 Å². The van der Waals surface area contributed by atoms with Crippen LogP contribution in [0.25, 0.3) is 0 Å². The number of piperazine rings is 1. The topological polar surface area (TPSA) is 43.2 Å². The number of rotatable bonds is 3. The standard InChI is InChI=1S/C18H26N4/c1-15-7-8-18(20-17(15)13-19)22-11-9-21(10-12-22)14-16-5-3-2-4-6-16/h7-8,16H,2-6,9-12,14H2,1H3. The molecule has 2 fully saturated rings. The summed E-state index contributed by atoms with van der Waals surface area (Å²) in [6.07, 6.45) is 7.13. The normalized spacial score (nSPS) is 20.8. The SMILES string of the molecule is Cc1ccc(N2CCN(CC3CCCCC3)CC2)nc1C#N. The summed E-state index contributed by atoms with van der Waals surface area (Å²) in [5.74, 6) is 1.88. The largest absolute Gasteiger partial charge is 0.354 e. The van der Waals surface area contributed by atoms with Gasteiger partial charge in [-0.15, -0.1) is 0 Å². The molecule has 0 atom stereocenters. The number of pyridine rings is 1. The monoisotopic (exact) mass is 298 g/mol. The van der Waals surface area contributed by atoms with Crippen molar-refractivity contribution in [1.29, 1.82) is 5.26 Å². The number of nitriles is 1. The van der Waals surface area contributed by atoms with Gasteiger partial charge in [-0.3, -0.25) is 4.90 Å². The van der Waals surface area contributed by atoms with Crippen molar-refractivity contribution in [3.8, 4) is 6.07 Å². The van der Waals surface area contributed by atoms with Gasteiger partial charge in [-0.05, 0) is 37.3 Å². The van der Waals surface area contributed by atoms with Crippen molar-refractivity contribution in [3.63, 3.8) is 0 Å². The van der Waals surface area contributed by atoms with E-state index in [0.29, 0.717) is 5.69 Å². The Hall–Kier alpha value is -1.60. The molecule has 0 unspecified atom stereocenters. The smallest absolute Gasteiger partial charge is 0.145 e. The third-order valence-corrected chi connectivity index (χ3v) is 5.13. The van der Waals surface area contributed by atoms with E-state index in [-0.39, 0.29) is 0 Å². The Balaban J connectivity index is 1.54. The summed E-state index contributed by atoms with van der Waals surface area (Å²) < 4.78 is 0. The van der Waals surface area contributed by atoms with Gasteiger partial charge in [0.05, 0.1) is 0 Å². The Kier molecular flexibility index (Phi) is 4.94. The van der Waals surface area contributed by atoms with Gasteiger partial charge in [0.15, 0.2) is 0 Å². The van der Waals surface area contributed by atoms with Crippen molar-refractivity contribution in [2.24, 2.45) is 5.92 Å². The number of hydrogen-bond donors (Lipinski definition) is 0. The Morgan fingerprint density at radius 1 is 1.14 bits per heavy atom. The summed E-state index contributed by atoms with van der Waals surface area (Å²) in [5.41, 5.74) is 1.52. The van der Waals surface area contributed by atoms with Crippen LogP contribution in [0.5, 0.6) is 0 Å². The number of anilines is 1. The molecule has 1 aromatic heterocycles. The van der Waals surface area contributed by atoms with Gasteiger partial charge in [0.1, 0.15) is 17.6 Å². The fraction of sp³-hybridized carbons (Fsp3) is 0.667. The average molecular weight is 298 g/mol. The van der Waals surface area contributed by atoms with E-state index < -0.39 is 0 Å². The number of nitrogens with zero attached hydrogens (tertiary/aromatic N) is 4. The van der Waals surface area contributed by atoms with Crippen molar-refractivity contribution in [2.75, 3.05) is 37.6 Å². The van der Waals surface area contributed by atoms with E-state index in [1.54, 1.807) is 0 Å². The number of aromatic nitrogens is 1. The highest BCUT2D eigenvalue weighted by Crippen LogP contribution is 2.25. The van der Waals surface area contributed by atoms with Crippen molar-refractivity contribution in [2.45, 2.75) is 39.0 Å². The zero-order chi connectivity index (χ0) is 15.4. The molecule has 1 aromatic rings. The Labute approximate surface area is 133 Å². The van der Waals surface area contributed by atoms with Crippen LogP contribution in [0.1, 0.15) is 43.4 Å². The van der Waals surface area contributed by atoms with Crippen molar-refractivity contribution >= 4 is 5.82 Å². The third kappa shape index (κ3) is 3.59. The predicted molar refractivity (Wildman–Crippen MR) is 88.9 cm³/mol. The lowest BCUT2D eigenvalue weighted by molar-refractivity contribution is 0.192. The second-order valence-electron chi connectivity index (χ2n) is 6.74. The number of hydrogen-bond acceptors (Lipinski definition) is 4. The molecular weight excluding hydrogens is 272 g/mol. The lowest BCUT2D eigenvalue weighted by Crippen LogP contribution is -2.48. The second kappa shape index (κ2) is 7.11. The molecule has 2 heterocycles. The lowest BCUT2D eigenvalue weighted by Gasteiger charge is -2.37. The molecule has 2 aliphatic rings. The molecule has 0 aromatic carbocycles. The molecule has 3 rings (SSSR count). The maximum absolute atomic E-state index is 9.13. The van der Waals surface area contributed by atoms with E-state index in [4.69, 9.17) is 5.26 Å². The summed E-state index contributed by atoms with van der Waals surface area (Å²) in [5, 5.41) is 9.13. The van der Waals surface area contributed by atoms with Gasteiger partial charge in [0.25, 0.3) is 0 Å². The minimum Gasteiger partial charge on any atom is -0.354 e. The van der Waals surface area contributed by atoms with Gasteiger partial charge in [0, 0.05) is 32.7 Å². The molecule has 4 heteroatoms. The first-order valence-electron chi connectivity index (χ1n) is 8.61. The van der Waals surface area contributed by atoms with Crippen LogP contribution in [0.15, 0.2) is 12.1 Å². The van der Waals surface area contributed by atoms with Crippen LogP contribution in [0.3, 0.4) is 0 Å². The molecule has 0 bridgehead atoms. The van der Waals surface area contributed by atoms with Crippen LogP contribution < -0.4 is 4.90 Å². The average Bonchev–Trinajstić information content (AvgIpc) is 2.57. The highest BCUT2D eigenvalue weighted by molar-refractivity contribution is 5.45. The molecule has 1 aliphatic heterocycles. The van der Waals surface area contributed by atoms with Crippen molar-refractivity contribution in [3.05, 3.63) is 23.4 Å². The number of aryl methyl sites for hydroxylation is 1. The molecule has 1 aliphatic carbocycles. The summed E-state index contributed by atoms with van der Waals surface area (Å²) in [7, 11) is 0. The molecule has 0 N–H and O–H groups in total. The zero-order valence-corrected chi connectivity index (χ0v) is 13.6. The fourth-order valence-corrected chi connectivity index (χ4v) is 3.70. The van der Waals surface area contributed by atoms with E-state index in [1.165, 1.54) is 38.6 Å². The first kappa shape index (κ1) is 15.3. The molecule has 4 nitrogen and oxygen atoms in total. The van der Waals surface area contributed by atoms with Crippen molar-refractivity contribution in [1.82, 2.24) is 9.88 Å². The van der Waals surface area contributed by atoms with Gasteiger partial charge < -0.3 is 4.90 Å². The fourth-order valence-electron chi connectivity index (χ4n) is 3.70. The Bertz CT molecular complexity index is 535. The van der Waals surface area contributed by atoms with Crippen LogP contribution in [0, 0.1) is 24.2 Å². The molecule has 0 radical (unpaired) electrons. The van der Waals surface area contributed by atoms with Crippen LogP contribution in [0.2, 0.25) is 0 Å². The van der Waals surface area contributed by atoms with Crippen LogP contribution in [-0.2, 0) is 0 Å². The van der Waals surface area contributed by atoms with Gasteiger partial charge in [-0.2, -0.15) is 5.26 Å². The minimum absolute atomic E-state index is 0.558. The van der Waals surface area contributed by atoms with E-state index in [0.717, 1.165) is 43.5 Å². The molecule has 1 saturated heterocycles. The summed E-state index contributed by atoms with van der Waals surface area (Å²) in [6, 6.07) is 6.25. The third-order valence-electron chi connectivity index (χ3n) is 5.13. The van der Waals surface area contributed by atoms with E-state index in [2.05, 4.69) is 20.9 Å². The molecule has 0 spiro atoms. The second-order valence-corrected chi connectivity index (χ2v) is 6.74. The van der Waals surface area contributed by atoms with E-state index >= 15 is 0 Å². The molecule has 22 heavy (non-hydrogen) atoms. The molecular formula is C18H26N4. The summed E-state index contributed by atoms with van der Waals surface area (Å²) >= 11 is 0. The Morgan fingerprint density at radius 2 is 1.86 bits per heavy atom. The van der Waals surface area contributed by atoms with E-state index in [9.17, 15) is 0 Å². The zero-order valence-electron chi connectivity index (χ0n) is 13.6. The Morgan fingerprint density at radius 3 is 2.55 bits per heavy atom. The van der Waals surface area contributed by atoms with Crippen molar-refractivity contribution < 1.29 is 0 Å². The van der Waals surface area contributed by atoms with Gasteiger partial charge in [-0.1, -0.05) is 25.3 Å². The lowest BCUT2D eigenvalue weighted by atomic mass is 9.89. The van der Waals surface area contributed by atoms with E-state index in [1.807, 2.05) is 19.1 Å². The van der Waals surface area contributed by atoms with Crippen LogP contribution >= 0.6 is 0 Å². The highest BCUT2D eigenvalue weighted by Gasteiger charge is 2.22. The molecule has 118 valence electrons. The predicted octanol–water partition coefficient (Wildman–Crippen LogP) is 2.96.